The second-order valence-electron chi connectivity index (χ2n) is 12.3. The Kier molecular flexibility index (Phi) is 7.00. The molecule has 5 heteroatoms. The van der Waals surface area contributed by atoms with E-state index in [1.54, 1.807) is 6.92 Å². The van der Waals surface area contributed by atoms with Crippen LogP contribution in [0.3, 0.4) is 0 Å². The summed E-state index contributed by atoms with van der Waals surface area (Å²) in [6, 6.07) is 0. The van der Waals surface area contributed by atoms with Crippen molar-refractivity contribution in [1.82, 2.24) is 0 Å². The maximum Gasteiger partial charge on any atom is 0.302 e. The van der Waals surface area contributed by atoms with E-state index in [0.29, 0.717) is 41.9 Å². The summed E-state index contributed by atoms with van der Waals surface area (Å²) in [5.41, 5.74) is 0.296. The minimum Gasteiger partial charge on any atom is -0.463 e. The molecule has 4 aliphatic carbocycles. The molecule has 0 radical (unpaired) electrons. The fourth-order valence-corrected chi connectivity index (χ4v) is 9.48. The third-order valence-corrected chi connectivity index (χ3v) is 10.7. The van der Waals surface area contributed by atoms with E-state index in [1.165, 1.54) is 32.6 Å². The monoisotopic (exact) mass is 460 g/mol. The van der Waals surface area contributed by atoms with Crippen molar-refractivity contribution >= 4 is 18.2 Å². The van der Waals surface area contributed by atoms with Crippen molar-refractivity contribution in [3.8, 4) is 0 Å². The van der Waals surface area contributed by atoms with E-state index in [4.69, 9.17) is 9.47 Å². The molecule has 4 aliphatic rings. The van der Waals surface area contributed by atoms with Gasteiger partial charge in [0.15, 0.2) is 0 Å². The average molecular weight is 461 g/mol. The zero-order valence-electron chi connectivity index (χ0n) is 21.3. The lowest BCUT2D eigenvalue weighted by Gasteiger charge is -2.63. The molecule has 0 aliphatic heterocycles. The van der Waals surface area contributed by atoms with Gasteiger partial charge in [-0.05, 0) is 98.2 Å². The van der Waals surface area contributed by atoms with Gasteiger partial charge in [0.05, 0.1) is 0 Å². The predicted octanol–water partition coefficient (Wildman–Crippen LogP) is 5.73. The summed E-state index contributed by atoms with van der Waals surface area (Å²) in [4.78, 5) is 34.8. The van der Waals surface area contributed by atoms with E-state index in [2.05, 4.69) is 20.8 Å². The quantitative estimate of drug-likeness (QED) is 0.374. The molecule has 0 bridgehead atoms. The number of carbonyl (C=O) groups excluding carboxylic acids is 3. The van der Waals surface area contributed by atoms with Gasteiger partial charge in [-0.1, -0.05) is 20.8 Å². The lowest BCUT2D eigenvalue weighted by molar-refractivity contribution is -0.201. The SMILES string of the molecule is CC(=O)OC1CCC2(C)C(CCC3C4CCC(C(C)CCC=O)C4(C)CC(OC(C)=O)C32)C1. The first-order valence-electron chi connectivity index (χ1n) is 13.4. The van der Waals surface area contributed by atoms with Crippen LogP contribution < -0.4 is 0 Å². The molecule has 0 N–H and O–H groups in total. The van der Waals surface area contributed by atoms with Crippen molar-refractivity contribution in [3.63, 3.8) is 0 Å². The lowest BCUT2D eigenvalue weighted by atomic mass is 9.43. The second kappa shape index (κ2) is 9.34. The Balaban J connectivity index is 1.62. The number of carbonyl (C=O) groups is 3. The van der Waals surface area contributed by atoms with Crippen LogP contribution >= 0.6 is 0 Å². The molecule has 33 heavy (non-hydrogen) atoms. The smallest absolute Gasteiger partial charge is 0.302 e. The van der Waals surface area contributed by atoms with Gasteiger partial charge in [-0.3, -0.25) is 9.59 Å². The van der Waals surface area contributed by atoms with Crippen LogP contribution in [0.2, 0.25) is 0 Å². The van der Waals surface area contributed by atoms with Crippen molar-refractivity contribution in [1.29, 1.82) is 0 Å². The van der Waals surface area contributed by atoms with Crippen molar-refractivity contribution < 1.29 is 23.9 Å². The molecule has 0 aromatic carbocycles. The van der Waals surface area contributed by atoms with Crippen LogP contribution in [-0.2, 0) is 23.9 Å². The maximum atomic E-state index is 12.3. The van der Waals surface area contributed by atoms with Crippen LogP contribution in [0.4, 0.5) is 0 Å². The Bertz CT molecular complexity index is 763. The van der Waals surface area contributed by atoms with Gasteiger partial charge < -0.3 is 14.3 Å². The maximum absolute atomic E-state index is 12.3. The van der Waals surface area contributed by atoms with Gasteiger partial charge in [-0.25, -0.2) is 0 Å². The zero-order chi connectivity index (χ0) is 24.0. The Morgan fingerprint density at radius 2 is 1.73 bits per heavy atom. The van der Waals surface area contributed by atoms with E-state index >= 15 is 0 Å². The largest absolute Gasteiger partial charge is 0.463 e. The lowest BCUT2D eigenvalue weighted by Crippen LogP contribution is -2.60. The van der Waals surface area contributed by atoms with Crippen molar-refractivity contribution in [2.75, 3.05) is 0 Å². The molecule has 186 valence electrons. The van der Waals surface area contributed by atoms with Crippen LogP contribution in [0.5, 0.6) is 0 Å². The van der Waals surface area contributed by atoms with E-state index < -0.39 is 0 Å². The summed E-state index contributed by atoms with van der Waals surface area (Å²) in [7, 11) is 0. The van der Waals surface area contributed by atoms with E-state index in [1.807, 2.05) is 0 Å². The Morgan fingerprint density at radius 3 is 2.39 bits per heavy atom. The summed E-state index contributed by atoms with van der Waals surface area (Å²) in [5, 5.41) is 0. The van der Waals surface area contributed by atoms with Gasteiger partial charge >= 0.3 is 11.9 Å². The molecule has 0 aromatic heterocycles. The molecule has 0 amide bonds. The van der Waals surface area contributed by atoms with Crippen LogP contribution in [0, 0.1) is 46.3 Å². The minimum absolute atomic E-state index is 0.0349. The molecule has 0 aromatic rings. The summed E-state index contributed by atoms with van der Waals surface area (Å²) in [5.74, 6) is 2.93. The highest BCUT2D eigenvalue weighted by Gasteiger charge is 2.64. The third kappa shape index (κ3) is 4.38. The molecule has 4 fully saturated rings. The molecule has 5 nitrogen and oxygen atoms in total. The zero-order valence-corrected chi connectivity index (χ0v) is 21.3. The number of ether oxygens (including phenoxy) is 2. The van der Waals surface area contributed by atoms with Crippen molar-refractivity contribution in [3.05, 3.63) is 0 Å². The summed E-state index contributed by atoms with van der Waals surface area (Å²) >= 11 is 0. The molecule has 10 unspecified atom stereocenters. The number of aldehydes is 1. The van der Waals surface area contributed by atoms with Gasteiger partial charge in [0.2, 0.25) is 0 Å². The van der Waals surface area contributed by atoms with E-state index in [0.717, 1.165) is 38.4 Å². The van der Waals surface area contributed by atoms with Crippen LogP contribution in [0.1, 0.15) is 98.8 Å². The number of rotatable bonds is 6. The Morgan fingerprint density at radius 1 is 1.00 bits per heavy atom. The first-order chi connectivity index (χ1) is 15.6. The van der Waals surface area contributed by atoms with Gasteiger partial charge in [0, 0.05) is 26.2 Å². The summed E-state index contributed by atoms with van der Waals surface area (Å²) < 4.78 is 11.8. The fraction of sp³-hybridized carbons (Fsp3) is 0.893. The molecule has 4 rings (SSSR count). The third-order valence-electron chi connectivity index (χ3n) is 10.7. The fourth-order valence-electron chi connectivity index (χ4n) is 9.48. The molecule has 0 spiro atoms. The van der Waals surface area contributed by atoms with Crippen molar-refractivity contribution in [2.24, 2.45) is 46.3 Å². The first-order valence-corrected chi connectivity index (χ1v) is 13.4. The van der Waals surface area contributed by atoms with Crippen LogP contribution in [0.15, 0.2) is 0 Å². The highest BCUT2D eigenvalue weighted by Crippen LogP contribution is 2.69. The summed E-state index contributed by atoms with van der Waals surface area (Å²) in [6.07, 6.45) is 11.4. The van der Waals surface area contributed by atoms with E-state index in [9.17, 15) is 14.4 Å². The highest BCUT2D eigenvalue weighted by molar-refractivity contribution is 5.66. The minimum atomic E-state index is -0.177. The van der Waals surface area contributed by atoms with Gasteiger partial charge in [-0.15, -0.1) is 0 Å². The van der Waals surface area contributed by atoms with Gasteiger partial charge in [0.25, 0.3) is 0 Å². The van der Waals surface area contributed by atoms with Crippen molar-refractivity contribution in [2.45, 2.75) is 111 Å². The van der Waals surface area contributed by atoms with E-state index in [-0.39, 0.29) is 35.0 Å². The van der Waals surface area contributed by atoms with Gasteiger partial charge in [-0.2, -0.15) is 0 Å². The van der Waals surface area contributed by atoms with Gasteiger partial charge in [0.1, 0.15) is 18.5 Å². The summed E-state index contributed by atoms with van der Waals surface area (Å²) in [6.45, 7) is 10.3. The molecular formula is C28H44O5. The first kappa shape index (κ1) is 24.7. The number of hydrogen-bond donors (Lipinski definition) is 0. The van der Waals surface area contributed by atoms with Crippen LogP contribution in [0.25, 0.3) is 0 Å². The number of hydrogen-bond acceptors (Lipinski definition) is 5. The molecule has 4 saturated carbocycles. The number of fused-ring (bicyclic) bond motifs is 5. The molecule has 0 heterocycles. The Labute approximate surface area is 199 Å². The topological polar surface area (TPSA) is 69.7 Å². The van der Waals surface area contributed by atoms with Crippen LogP contribution in [-0.4, -0.2) is 30.4 Å². The standard InChI is InChI=1S/C28H44O5/c1-17(7-6-14-29)23-10-11-24-22-9-8-20-15-21(32-18(2)30)12-13-27(20,4)26(22)25(33-19(3)31)16-28(23,24)5/h14,17,20-26H,6-13,15-16H2,1-5H3. The molecule has 0 saturated heterocycles. The predicted molar refractivity (Wildman–Crippen MR) is 126 cm³/mol. The molecule has 10 atom stereocenters. The average Bonchev–Trinajstić information content (AvgIpc) is 3.08. The molecular weight excluding hydrogens is 416 g/mol. The Hall–Kier alpha value is -1.39. The second-order valence-corrected chi connectivity index (χ2v) is 12.3. The number of esters is 2. The normalized spacial score (nSPS) is 45.2. The highest BCUT2D eigenvalue weighted by atomic mass is 16.5.